The van der Waals surface area contributed by atoms with Gasteiger partial charge in [0.2, 0.25) is 0 Å². The first-order chi connectivity index (χ1) is 5.39. The maximum Gasteiger partial charge on any atom is 0.00946 e. The lowest BCUT2D eigenvalue weighted by atomic mass is 9.90. The topological polar surface area (TPSA) is 3.24 Å². The van der Waals surface area contributed by atoms with Gasteiger partial charge in [-0.1, -0.05) is 20.8 Å². The van der Waals surface area contributed by atoms with Crippen molar-refractivity contribution in [3.05, 3.63) is 0 Å². The first-order valence-corrected chi connectivity index (χ1v) is 5.06. The maximum atomic E-state index is 2.43. The normalized spacial score (nSPS) is 37.5. The van der Waals surface area contributed by atoms with Crippen LogP contribution in [0.25, 0.3) is 0 Å². The molecule has 12 heavy (non-hydrogen) atoms. The van der Waals surface area contributed by atoms with Crippen molar-refractivity contribution in [1.29, 1.82) is 0 Å². The van der Waals surface area contributed by atoms with E-state index in [1.54, 1.807) is 0 Å². The lowest BCUT2D eigenvalue weighted by Gasteiger charge is -2.24. The molecule has 0 aromatic carbocycles. The van der Waals surface area contributed by atoms with Crippen LogP contribution in [0.4, 0.5) is 0 Å². The van der Waals surface area contributed by atoms with Crippen LogP contribution in [-0.4, -0.2) is 25.0 Å². The van der Waals surface area contributed by atoms with Crippen LogP contribution in [0, 0.1) is 17.3 Å². The summed E-state index contributed by atoms with van der Waals surface area (Å²) in [6.45, 7) is 9.48. The number of hydrogen-bond donors (Lipinski definition) is 0. The molecule has 0 aromatic rings. The Kier molecular flexibility index (Phi) is 2.53. The van der Waals surface area contributed by atoms with E-state index in [9.17, 15) is 0 Å². The lowest BCUT2D eigenvalue weighted by molar-refractivity contribution is 0.233. The molecule has 3 atom stereocenters. The summed E-state index contributed by atoms with van der Waals surface area (Å²) in [6, 6.07) is 0.748. The zero-order valence-electron chi connectivity index (χ0n) is 9.39. The summed E-state index contributed by atoms with van der Waals surface area (Å²) >= 11 is 0. The molecular weight excluding hydrogens is 146 g/mol. The summed E-state index contributed by atoms with van der Waals surface area (Å²) in [5.41, 5.74) is 0.629. The van der Waals surface area contributed by atoms with E-state index in [1.807, 2.05) is 0 Å². The van der Waals surface area contributed by atoms with E-state index in [0.29, 0.717) is 5.41 Å². The first-order valence-electron chi connectivity index (χ1n) is 5.06. The molecule has 72 valence electrons. The van der Waals surface area contributed by atoms with Crippen LogP contribution in [-0.2, 0) is 0 Å². The van der Waals surface area contributed by atoms with Crippen molar-refractivity contribution in [3.63, 3.8) is 0 Å². The van der Waals surface area contributed by atoms with Crippen molar-refractivity contribution in [1.82, 2.24) is 4.90 Å². The molecule has 0 radical (unpaired) electrons. The van der Waals surface area contributed by atoms with Gasteiger partial charge < -0.3 is 4.90 Å². The average molecular weight is 169 g/mol. The van der Waals surface area contributed by atoms with Crippen LogP contribution >= 0.6 is 0 Å². The molecule has 0 spiro atoms. The van der Waals surface area contributed by atoms with Crippen LogP contribution < -0.4 is 0 Å². The van der Waals surface area contributed by atoms with Crippen LogP contribution in [0.3, 0.4) is 0 Å². The Hall–Kier alpha value is -0.0400. The van der Waals surface area contributed by atoms with E-state index in [0.717, 1.165) is 17.9 Å². The highest BCUT2D eigenvalue weighted by atomic mass is 15.1. The van der Waals surface area contributed by atoms with Crippen molar-refractivity contribution in [2.24, 2.45) is 17.3 Å². The summed E-state index contributed by atoms with van der Waals surface area (Å²) in [4.78, 5) is 2.35. The van der Waals surface area contributed by atoms with Gasteiger partial charge in [-0.05, 0) is 44.7 Å². The van der Waals surface area contributed by atoms with E-state index in [1.165, 1.54) is 6.42 Å². The van der Waals surface area contributed by atoms with E-state index in [2.05, 4.69) is 46.7 Å². The molecule has 0 aliphatic heterocycles. The molecule has 1 heteroatoms. The van der Waals surface area contributed by atoms with Crippen molar-refractivity contribution in [3.8, 4) is 0 Å². The third-order valence-corrected chi connectivity index (χ3v) is 4.06. The molecule has 0 aromatic heterocycles. The lowest BCUT2D eigenvalue weighted by Crippen LogP contribution is -2.29. The zero-order chi connectivity index (χ0) is 9.52. The Morgan fingerprint density at radius 1 is 1.25 bits per heavy atom. The summed E-state index contributed by atoms with van der Waals surface area (Å²) in [7, 11) is 4.37. The largest absolute Gasteiger partial charge is 0.306 e. The van der Waals surface area contributed by atoms with Crippen molar-refractivity contribution in [2.75, 3.05) is 14.1 Å². The maximum absolute atomic E-state index is 2.43. The second kappa shape index (κ2) is 3.02. The number of hydrogen-bond acceptors (Lipinski definition) is 1. The fourth-order valence-corrected chi connectivity index (χ4v) is 2.16. The molecule has 3 unspecified atom stereocenters. The molecule has 1 rings (SSSR count). The molecule has 0 N–H and O–H groups in total. The minimum absolute atomic E-state index is 0.629. The standard InChI is InChI=1S/C11H23N/c1-8(2)11(4)7-10(11)9(3)12(5)6/h8-10H,7H2,1-6H3. The van der Waals surface area contributed by atoms with Crippen LogP contribution in [0.5, 0.6) is 0 Å². The fourth-order valence-electron chi connectivity index (χ4n) is 2.16. The van der Waals surface area contributed by atoms with Gasteiger partial charge in [0.25, 0.3) is 0 Å². The Bertz CT molecular complexity index is 162. The SMILES string of the molecule is CC(C1CC1(C)C(C)C)N(C)C. The number of nitrogens with zero attached hydrogens (tertiary/aromatic N) is 1. The van der Waals surface area contributed by atoms with Gasteiger partial charge in [0.05, 0.1) is 0 Å². The van der Waals surface area contributed by atoms with Crippen molar-refractivity contribution >= 4 is 0 Å². The van der Waals surface area contributed by atoms with Crippen LogP contribution in [0.1, 0.15) is 34.1 Å². The van der Waals surface area contributed by atoms with Crippen molar-refractivity contribution < 1.29 is 0 Å². The molecule has 0 heterocycles. The van der Waals surface area contributed by atoms with Gasteiger partial charge in [-0.25, -0.2) is 0 Å². The Balaban J connectivity index is 2.51. The van der Waals surface area contributed by atoms with E-state index in [-0.39, 0.29) is 0 Å². The average Bonchev–Trinajstić information content (AvgIpc) is 2.62. The quantitative estimate of drug-likeness (QED) is 0.628. The molecule has 0 saturated heterocycles. The summed E-state index contributed by atoms with van der Waals surface area (Å²) in [6.07, 6.45) is 1.42. The molecule has 0 amide bonds. The Morgan fingerprint density at radius 2 is 1.75 bits per heavy atom. The van der Waals surface area contributed by atoms with E-state index in [4.69, 9.17) is 0 Å². The molecule has 1 aliphatic carbocycles. The highest BCUT2D eigenvalue weighted by Gasteiger charge is 2.54. The molecule has 0 bridgehead atoms. The molecular formula is C11H23N. The first kappa shape index (κ1) is 10.0. The van der Waals surface area contributed by atoms with E-state index >= 15 is 0 Å². The van der Waals surface area contributed by atoms with Gasteiger partial charge in [0.1, 0.15) is 0 Å². The molecule has 1 fully saturated rings. The van der Waals surface area contributed by atoms with Gasteiger partial charge >= 0.3 is 0 Å². The van der Waals surface area contributed by atoms with Gasteiger partial charge in [0.15, 0.2) is 0 Å². The highest BCUT2D eigenvalue weighted by Crippen LogP contribution is 2.59. The second-order valence-corrected chi connectivity index (χ2v) is 5.18. The van der Waals surface area contributed by atoms with Gasteiger partial charge in [-0.3, -0.25) is 0 Å². The zero-order valence-corrected chi connectivity index (χ0v) is 9.39. The van der Waals surface area contributed by atoms with Gasteiger partial charge in [-0.2, -0.15) is 0 Å². The minimum Gasteiger partial charge on any atom is -0.306 e. The third kappa shape index (κ3) is 1.52. The van der Waals surface area contributed by atoms with Crippen LogP contribution in [0.15, 0.2) is 0 Å². The predicted octanol–water partition coefficient (Wildman–Crippen LogP) is 2.62. The monoisotopic (exact) mass is 169 g/mol. The molecule has 1 nitrogen and oxygen atoms in total. The van der Waals surface area contributed by atoms with Crippen LogP contribution in [0.2, 0.25) is 0 Å². The van der Waals surface area contributed by atoms with Gasteiger partial charge in [-0.15, -0.1) is 0 Å². The van der Waals surface area contributed by atoms with E-state index < -0.39 is 0 Å². The minimum atomic E-state index is 0.629. The summed E-state index contributed by atoms with van der Waals surface area (Å²) in [5.74, 6) is 1.76. The Morgan fingerprint density at radius 3 is 2.00 bits per heavy atom. The van der Waals surface area contributed by atoms with Gasteiger partial charge in [0, 0.05) is 6.04 Å². The number of rotatable bonds is 3. The fraction of sp³-hybridized carbons (Fsp3) is 1.00. The predicted molar refractivity (Wildman–Crippen MR) is 54.2 cm³/mol. The highest BCUT2D eigenvalue weighted by molar-refractivity contribution is 5.04. The van der Waals surface area contributed by atoms with Crippen molar-refractivity contribution in [2.45, 2.75) is 40.2 Å². The smallest absolute Gasteiger partial charge is 0.00946 e. The third-order valence-electron chi connectivity index (χ3n) is 4.06. The summed E-state index contributed by atoms with van der Waals surface area (Å²) in [5, 5.41) is 0. The Labute approximate surface area is 77.1 Å². The molecule has 1 saturated carbocycles. The summed E-state index contributed by atoms with van der Waals surface area (Å²) < 4.78 is 0. The second-order valence-electron chi connectivity index (χ2n) is 5.18. The molecule has 1 aliphatic rings.